The van der Waals surface area contributed by atoms with Crippen molar-refractivity contribution in [3.63, 3.8) is 0 Å². The Morgan fingerprint density at radius 2 is 2.07 bits per heavy atom. The zero-order valence-corrected chi connectivity index (χ0v) is 9.68. The number of carbonyl (C=O) groups excluding carboxylic acids is 2. The number of rotatable bonds is 4. The number of aromatic amines is 1. The highest BCUT2D eigenvalue weighted by Crippen LogP contribution is 2.21. The van der Waals surface area contributed by atoms with Gasteiger partial charge >= 0.3 is 0 Å². The van der Waals surface area contributed by atoms with E-state index < -0.39 is 0 Å². The average molecular weight is 207 g/mol. The van der Waals surface area contributed by atoms with Gasteiger partial charge in [0.2, 0.25) is 0 Å². The minimum absolute atomic E-state index is 0.0377. The Labute approximate surface area is 89.9 Å². The maximum Gasteiger partial charge on any atom is 0.167 e. The van der Waals surface area contributed by atoms with Crippen molar-refractivity contribution in [2.24, 2.45) is 5.92 Å². The molecule has 0 unspecified atom stereocenters. The minimum atomic E-state index is -0.0377. The van der Waals surface area contributed by atoms with Crippen molar-refractivity contribution in [2.75, 3.05) is 0 Å². The molecule has 0 bridgehead atoms. The second kappa shape index (κ2) is 4.43. The van der Waals surface area contributed by atoms with Gasteiger partial charge in [0.1, 0.15) is 0 Å². The lowest BCUT2D eigenvalue weighted by atomic mass is 9.97. The van der Waals surface area contributed by atoms with Gasteiger partial charge in [0.25, 0.3) is 0 Å². The molecule has 0 saturated heterocycles. The molecule has 0 aliphatic heterocycles. The molecule has 15 heavy (non-hydrogen) atoms. The molecule has 1 heterocycles. The first-order chi connectivity index (χ1) is 7.02. The van der Waals surface area contributed by atoms with Crippen LogP contribution in [0.5, 0.6) is 0 Å². The van der Waals surface area contributed by atoms with E-state index in [-0.39, 0.29) is 11.7 Å². The Morgan fingerprint density at radius 1 is 1.47 bits per heavy atom. The summed E-state index contributed by atoms with van der Waals surface area (Å²) in [4.78, 5) is 25.7. The summed E-state index contributed by atoms with van der Waals surface area (Å²) in [5, 5.41) is 0. The molecule has 82 valence electrons. The van der Waals surface area contributed by atoms with Crippen LogP contribution in [-0.2, 0) is 6.42 Å². The fourth-order valence-corrected chi connectivity index (χ4v) is 1.69. The Bertz CT molecular complexity index is 389. The lowest BCUT2D eigenvalue weighted by molar-refractivity contribution is 0.0938. The third kappa shape index (κ3) is 2.01. The van der Waals surface area contributed by atoms with Gasteiger partial charge in [-0.1, -0.05) is 20.8 Å². The maximum atomic E-state index is 11.9. The van der Waals surface area contributed by atoms with Crippen LogP contribution < -0.4 is 0 Å². The summed E-state index contributed by atoms with van der Waals surface area (Å²) in [5.74, 6) is 0.0676. The zero-order chi connectivity index (χ0) is 11.6. The van der Waals surface area contributed by atoms with E-state index >= 15 is 0 Å². The molecular formula is C12H17NO2. The lowest BCUT2D eigenvalue weighted by Crippen LogP contribution is -2.10. The molecule has 0 atom stereocenters. The topological polar surface area (TPSA) is 49.9 Å². The van der Waals surface area contributed by atoms with Crippen LogP contribution in [-0.4, -0.2) is 17.1 Å². The first kappa shape index (κ1) is 11.7. The Hall–Kier alpha value is -1.38. The molecular weight excluding hydrogens is 190 g/mol. The van der Waals surface area contributed by atoms with Gasteiger partial charge in [0.15, 0.2) is 12.1 Å². The van der Waals surface area contributed by atoms with Crippen molar-refractivity contribution in [1.82, 2.24) is 4.98 Å². The van der Waals surface area contributed by atoms with Crippen LogP contribution in [0.4, 0.5) is 0 Å². The van der Waals surface area contributed by atoms with E-state index in [0.29, 0.717) is 11.3 Å². The molecule has 0 amide bonds. The Balaban J connectivity index is 3.31. The number of hydrogen-bond donors (Lipinski definition) is 1. The van der Waals surface area contributed by atoms with Crippen LogP contribution in [0, 0.1) is 12.8 Å². The summed E-state index contributed by atoms with van der Waals surface area (Å²) < 4.78 is 0. The highest BCUT2D eigenvalue weighted by atomic mass is 16.1. The molecule has 1 rings (SSSR count). The lowest BCUT2D eigenvalue weighted by Gasteiger charge is -2.05. The smallest absolute Gasteiger partial charge is 0.167 e. The molecule has 0 aromatic carbocycles. The zero-order valence-electron chi connectivity index (χ0n) is 9.68. The van der Waals surface area contributed by atoms with E-state index in [0.717, 1.165) is 24.0 Å². The van der Waals surface area contributed by atoms with Crippen LogP contribution >= 0.6 is 0 Å². The van der Waals surface area contributed by atoms with Crippen molar-refractivity contribution < 1.29 is 9.59 Å². The van der Waals surface area contributed by atoms with Crippen molar-refractivity contribution in [3.05, 3.63) is 22.5 Å². The number of hydrogen-bond acceptors (Lipinski definition) is 2. The van der Waals surface area contributed by atoms with Gasteiger partial charge in [-0.3, -0.25) is 9.59 Å². The number of aryl methyl sites for hydroxylation is 1. The van der Waals surface area contributed by atoms with Gasteiger partial charge in [-0.15, -0.1) is 0 Å². The molecule has 0 radical (unpaired) electrons. The van der Waals surface area contributed by atoms with Crippen molar-refractivity contribution in [1.29, 1.82) is 0 Å². The summed E-state index contributed by atoms with van der Waals surface area (Å²) in [6.07, 6.45) is 1.51. The number of carbonyl (C=O) groups is 2. The number of nitrogens with one attached hydrogen (secondary N) is 1. The molecule has 0 aliphatic rings. The molecule has 0 spiro atoms. The fourth-order valence-electron chi connectivity index (χ4n) is 1.69. The summed E-state index contributed by atoms with van der Waals surface area (Å²) in [5.41, 5.74) is 2.87. The van der Waals surface area contributed by atoms with Gasteiger partial charge in [0, 0.05) is 17.2 Å². The van der Waals surface area contributed by atoms with Crippen molar-refractivity contribution >= 4 is 12.1 Å². The van der Waals surface area contributed by atoms with Gasteiger partial charge in [-0.2, -0.15) is 0 Å². The van der Waals surface area contributed by atoms with Crippen molar-refractivity contribution in [3.8, 4) is 0 Å². The van der Waals surface area contributed by atoms with Crippen LogP contribution in [0.3, 0.4) is 0 Å². The van der Waals surface area contributed by atoms with Crippen molar-refractivity contribution in [2.45, 2.75) is 34.1 Å². The highest BCUT2D eigenvalue weighted by molar-refractivity contribution is 6.01. The quantitative estimate of drug-likeness (QED) is 0.609. The van der Waals surface area contributed by atoms with Crippen LogP contribution in [0.1, 0.15) is 52.9 Å². The summed E-state index contributed by atoms with van der Waals surface area (Å²) in [6.45, 7) is 7.52. The van der Waals surface area contributed by atoms with Crippen LogP contribution in [0.2, 0.25) is 0 Å². The first-order valence-electron chi connectivity index (χ1n) is 5.23. The number of ketones is 1. The van der Waals surface area contributed by atoms with Gasteiger partial charge < -0.3 is 4.98 Å². The molecule has 1 aromatic heterocycles. The molecule has 0 fully saturated rings. The SMILES string of the molecule is CCc1[nH]c(C=O)c(C)c1C(=O)C(C)C. The predicted molar refractivity (Wildman–Crippen MR) is 59.5 cm³/mol. The molecule has 1 N–H and O–H groups in total. The maximum absolute atomic E-state index is 11.9. The monoisotopic (exact) mass is 207 g/mol. The predicted octanol–water partition coefficient (Wildman–Crippen LogP) is 2.54. The van der Waals surface area contributed by atoms with Crippen LogP contribution in [0.25, 0.3) is 0 Å². The largest absolute Gasteiger partial charge is 0.355 e. The van der Waals surface area contributed by atoms with E-state index in [4.69, 9.17) is 0 Å². The fraction of sp³-hybridized carbons (Fsp3) is 0.500. The number of Topliss-reactive ketones (excluding diaryl/α,β-unsaturated/α-hetero) is 1. The normalized spacial score (nSPS) is 10.7. The summed E-state index contributed by atoms with van der Waals surface area (Å²) >= 11 is 0. The second-order valence-electron chi connectivity index (χ2n) is 4.01. The van der Waals surface area contributed by atoms with Crippen LogP contribution in [0.15, 0.2) is 0 Å². The minimum Gasteiger partial charge on any atom is -0.355 e. The van der Waals surface area contributed by atoms with E-state index in [2.05, 4.69) is 4.98 Å². The van der Waals surface area contributed by atoms with Gasteiger partial charge in [-0.25, -0.2) is 0 Å². The standard InChI is InChI=1S/C12H17NO2/c1-5-9-11(12(15)7(2)3)8(4)10(6-14)13-9/h6-7,13H,5H2,1-4H3. The molecule has 0 saturated carbocycles. The number of H-pyrrole nitrogens is 1. The number of aldehydes is 1. The summed E-state index contributed by atoms with van der Waals surface area (Å²) in [6, 6.07) is 0. The van der Waals surface area contributed by atoms with E-state index in [1.54, 1.807) is 0 Å². The molecule has 0 aliphatic carbocycles. The first-order valence-corrected chi connectivity index (χ1v) is 5.23. The van der Waals surface area contributed by atoms with E-state index in [1.807, 2.05) is 27.7 Å². The summed E-state index contributed by atoms with van der Waals surface area (Å²) in [7, 11) is 0. The van der Waals surface area contributed by atoms with E-state index in [1.165, 1.54) is 0 Å². The Morgan fingerprint density at radius 3 is 2.47 bits per heavy atom. The Kier molecular flexibility index (Phi) is 3.45. The highest BCUT2D eigenvalue weighted by Gasteiger charge is 2.20. The average Bonchev–Trinajstić information content (AvgIpc) is 2.53. The number of aromatic nitrogens is 1. The molecule has 3 heteroatoms. The van der Waals surface area contributed by atoms with Gasteiger partial charge in [-0.05, 0) is 18.9 Å². The second-order valence-corrected chi connectivity index (χ2v) is 4.01. The third-order valence-corrected chi connectivity index (χ3v) is 2.61. The van der Waals surface area contributed by atoms with Gasteiger partial charge in [0.05, 0.1) is 5.69 Å². The third-order valence-electron chi connectivity index (χ3n) is 2.61. The molecule has 3 nitrogen and oxygen atoms in total. The van der Waals surface area contributed by atoms with E-state index in [9.17, 15) is 9.59 Å². The molecule has 1 aromatic rings.